The standard InChI is InChI=1S/C15H26N4O2S2/c1-10(2)23(22)14(5-6-20)11(3)19(9-21)8-13-7-17-12(4)18-15(13)16/h7,9-10,20,22-23H,5-6,8H2,1-4H3,(H2,16,17,18)/b14-11-. The minimum absolute atomic E-state index is 0.0290. The van der Waals surface area contributed by atoms with Gasteiger partial charge in [0.25, 0.3) is 0 Å². The second-order valence-electron chi connectivity index (χ2n) is 5.51. The monoisotopic (exact) mass is 358 g/mol. The van der Waals surface area contributed by atoms with Crippen LogP contribution in [-0.4, -0.2) is 38.2 Å². The fraction of sp³-hybridized carbons (Fsp3) is 0.533. The third kappa shape index (κ3) is 5.40. The van der Waals surface area contributed by atoms with Crippen molar-refractivity contribution in [3.8, 4) is 0 Å². The topological polar surface area (TPSA) is 92.3 Å². The van der Waals surface area contributed by atoms with E-state index < -0.39 is 9.93 Å². The van der Waals surface area contributed by atoms with Crippen LogP contribution in [0.1, 0.15) is 38.6 Å². The van der Waals surface area contributed by atoms with Crippen molar-refractivity contribution in [3.63, 3.8) is 0 Å². The van der Waals surface area contributed by atoms with Crippen molar-refractivity contribution >= 4 is 33.8 Å². The lowest BCUT2D eigenvalue weighted by Gasteiger charge is -2.29. The number of hydrogen-bond donors (Lipinski definition) is 4. The van der Waals surface area contributed by atoms with E-state index in [1.54, 1.807) is 18.0 Å². The molecule has 0 aromatic carbocycles. The summed E-state index contributed by atoms with van der Waals surface area (Å²) in [5.41, 5.74) is 7.41. The van der Waals surface area contributed by atoms with E-state index in [1.807, 2.05) is 6.92 Å². The Morgan fingerprint density at radius 2 is 2.22 bits per heavy atom. The molecule has 0 aliphatic rings. The molecule has 0 fully saturated rings. The van der Waals surface area contributed by atoms with Gasteiger partial charge >= 0.3 is 0 Å². The van der Waals surface area contributed by atoms with Crippen molar-refractivity contribution in [1.29, 1.82) is 0 Å². The number of aryl methyl sites for hydroxylation is 1. The Kier molecular flexibility index (Phi) is 7.87. The van der Waals surface area contributed by atoms with Crippen LogP contribution < -0.4 is 5.73 Å². The molecule has 1 atom stereocenters. The summed E-state index contributed by atoms with van der Waals surface area (Å²) >= 11 is 4.69. The molecule has 1 rings (SSSR count). The smallest absolute Gasteiger partial charge is 0.214 e. The Bertz CT molecular complexity index is 579. The van der Waals surface area contributed by atoms with Crippen LogP contribution in [0.5, 0.6) is 0 Å². The average Bonchev–Trinajstić information content (AvgIpc) is 2.50. The highest BCUT2D eigenvalue weighted by Gasteiger charge is 2.18. The van der Waals surface area contributed by atoms with Gasteiger partial charge in [0.15, 0.2) is 0 Å². The Balaban J connectivity index is 3.13. The minimum Gasteiger partial charge on any atom is -0.396 e. The number of hydrogen-bond acceptors (Lipinski definition) is 6. The highest BCUT2D eigenvalue weighted by Crippen LogP contribution is 2.47. The summed E-state index contributed by atoms with van der Waals surface area (Å²) in [4.78, 5) is 22.4. The first kappa shape index (κ1) is 19.8. The summed E-state index contributed by atoms with van der Waals surface area (Å²) in [5, 5.41) is 9.68. The van der Waals surface area contributed by atoms with E-state index in [1.165, 1.54) is 0 Å². The zero-order valence-electron chi connectivity index (χ0n) is 14.0. The molecular weight excluding hydrogens is 332 g/mol. The van der Waals surface area contributed by atoms with Crippen molar-refractivity contribution in [2.24, 2.45) is 0 Å². The maximum Gasteiger partial charge on any atom is 0.214 e. The van der Waals surface area contributed by atoms with Crippen molar-refractivity contribution < 1.29 is 9.90 Å². The highest BCUT2D eigenvalue weighted by atomic mass is 33.1. The summed E-state index contributed by atoms with van der Waals surface area (Å²) in [6, 6.07) is 0. The molecule has 0 aliphatic heterocycles. The van der Waals surface area contributed by atoms with Gasteiger partial charge in [0.2, 0.25) is 6.41 Å². The molecule has 1 aromatic heterocycles. The van der Waals surface area contributed by atoms with E-state index in [0.29, 0.717) is 35.4 Å². The van der Waals surface area contributed by atoms with Crippen molar-refractivity contribution in [1.82, 2.24) is 14.9 Å². The number of carbonyl (C=O) groups is 1. The van der Waals surface area contributed by atoms with E-state index in [0.717, 1.165) is 17.0 Å². The SMILES string of the molecule is C/C(=C(\CCO)[SH](S)C(C)C)N(C=O)Cc1cnc(C)nc1N. The van der Waals surface area contributed by atoms with Crippen LogP contribution in [0, 0.1) is 6.92 Å². The first-order chi connectivity index (χ1) is 10.8. The number of aliphatic hydroxyl groups is 1. The number of nitrogen functional groups attached to an aromatic ring is 1. The third-order valence-corrected chi connectivity index (χ3v) is 7.64. The first-order valence-electron chi connectivity index (χ1n) is 7.40. The number of amides is 1. The van der Waals surface area contributed by atoms with Crippen LogP contribution in [-0.2, 0) is 11.3 Å². The van der Waals surface area contributed by atoms with Gasteiger partial charge in [-0.2, -0.15) is 9.93 Å². The maximum atomic E-state index is 11.6. The van der Waals surface area contributed by atoms with E-state index in [9.17, 15) is 9.90 Å². The second kappa shape index (κ2) is 9.14. The van der Waals surface area contributed by atoms with E-state index in [-0.39, 0.29) is 6.61 Å². The molecule has 0 aliphatic carbocycles. The molecule has 6 nitrogen and oxygen atoms in total. The van der Waals surface area contributed by atoms with Crippen LogP contribution in [0.15, 0.2) is 16.8 Å². The average molecular weight is 359 g/mol. The van der Waals surface area contributed by atoms with Gasteiger partial charge in [-0.3, -0.25) is 4.79 Å². The Morgan fingerprint density at radius 3 is 2.70 bits per heavy atom. The number of nitrogens with two attached hydrogens (primary N) is 1. The van der Waals surface area contributed by atoms with Gasteiger partial charge in [0.05, 0.1) is 6.54 Å². The van der Waals surface area contributed by atoms with Gasteiger partial charge in [-0.25, -0.2) is 9.97 Å². The highest BCUT2D eigenvalue weighted by molar-refractivity contribution is 8.80. The van der Waals surface area contributed by atoms with Gasteiger partial charge in [-0.15, -0.1) is 11.7 Å². The summed E-state index contributed by atoms with van der Waals surface area (Å²) in [6.45, 7) is 8.13. The molecule has 0 bridgehead atoms. The lowest BCUT2D eigenvalue weighted by atomic mass is 10.2. The van der Waals surface area contributed by atoms with Gasteiger partial charge in [-0.1, -0.05) is 13.8 Å². The number of thiol groups is 2. The van der Waals surface area contributed by atoms with Crippen molar-refractivity contribution in [2.45, 2.75) is 45.9 Å². The largest absolute Gasteiger partial charge is 0.396 e. The van der Waals surface area contributed by atoms with Crippen LogP contribution in [0.2, 0.25) is 0 Å². The molecule has 8 heteroatoms. The quantitative estimate of drug-likeness (QED) is 0.325. The lowest BCUT2D eigenvalue weighted by Crippen LogP contribution is -2.22. The van der Waals surface area contributed by atoms with Crippen LogP contribution in [0.4, 0.5) is 5.82 Å². The van der Waals surface area contributed by atoms with E-state index >= 15 is 0 Å². The summed E-state index contributed by atoms with van der Waals surface area (Å²) in [5.74, 6) is 0.966. The van der Waals surface area contributed by atoms with Gasteiger partial charge in [-0.05, 0) is 24.0 Å². The zero-order valence-corrected chi connectivity index (χ0v) is 15.8. The van der Waals surface area contributed by atoms with Crippen molar-refractivity contribution in [3.05, 3.63) is 28.2 Å². The summed E-state index contributed by atoms with van der Waals surface area (Å²) in [6.07, 6.45) is 2.91. The molecule has 1 aromatic rings. The molecule has 0 radical (unpaired) electrons. The van der Waals surface area contributed by atoms with Crippen LogP contribution in [0.3, 0.4) is 0 Å². The number of nitrogens with zero attached hydrogens (tertiary/aromatic N) is 3. The number of anilines is 1. The molecule has 0 saturated heterocycles. The molecule has 1 unspecified atom stereocenters. The molecule has 3 N–H and O–H groups in total. The Hall–Kier alpha value is -1.25. The van der Waals surface area contributed by atoms with Crippen LogP contribution in [0.25, 0.3) is 0 Å². The van der Waals surface area contributed by atoms with E-state index in [2.05, 4.69) is 23.8 Å². The second-order valence-corrected chi connectivity index (χ2v) is 9.06. The molecule has 0 spiro atoms. The van der Waals surface area contributed by atoms with Gasteiger partial charge in [0, 0.05) is 30.5 Å². The molecule has 0 saturated carbocycles. The number of carbonyl (C=O) groups excluding carboxylic acids is 1. The Morgan fingerprint density at radius 1 is 1.57 bits per heavy atom. The fourth-order valence-electron chi connectivity index (χ4n) is 2.10. The predicted molar refractivity (Wildman–Crippen MR) is 100 cm³/mol. The van der Waals surface area contributed by atoms with E-state index in [4.69, 9.17) is 17.4 Å². The first-order valence-corrected chi connectivity index (χ1v) is 9.96. The summed E-state index contributed by atoms with van der Waals surface area (Å²) in [7, 11) is -0.723. The number of rotatable bonds is 8. The molecule has 130 valence electrons. The van der Waals surface area contributed by atoms with Gasteiger partial charge in [0.1, 0.15) is 11.6 Å². The molecule has 1 heterocycles. The third-order valence-electron chi connectivity index (χ3n) is 3.45. The zero-order chi connectivity index (χ0) is 17.6. The van der Waals surface area contributed by atoms with Crippen molar-refractivity contribution in [2.75, 3.05) is 12.3 Å². The lowest BCUT2D eigenvalue weighted by molar-refractivity contribution is -0.116. The normalized spacial score (nSPS) is 14.5. The minimum atomic E-state index is -0.723. The maximum absolute atomic E-state index is 11.6. The number of aliphatic hydroxyl groups excluding tert-OH is 1. The van der Waals surface area contributed by atoms with Gasteiger partial charge < -0.3 is 15.7 Å². The fourth-order valence-corrected chi connectivity index (χ4v) is 4.24. The Labute approximate surface area is 145 Å². The number of aromatic nitrogens is 2. The molecular formula is C15H26N4O2S2. The summed E-state index contributed by atoms with van der Waals surface area (Å²) < 4.78 is 0. The molecule has 23 heavy (non-hydrogen) atoms. The molecule has 1 amide bonds. The number of allylic oxidation sites excluding steroid dienone is 1. The van der Waals surface area contributed by atoms with Crippen LogP contribution >= 0.6 is 21.6 Å². The predicted octanol–water partition coefficient (Wildman–Crippen LogP) is 2.19.